The van der Waals surface area contributed by atoms with Crippen LogP contribution in [0, 0.1) is 11.6 Å². The normalized spacial score (nSPS) is 18.4. The lowest BCUT2D eigenvalue weighted by atomic mass is 10.0. The van der Waals surface area contributed by atoms with Gasteiger partial charge in [0, 0.05) is 18.6 Å². The first-order valence-corrected chi connectivity index (χ1v) is 6.36. The fraction of sp³-hybridized carbons (Fsp3) is 0.571. The lowest BCUT2D eigenvalue weighted by molar-refractivity contribution is 0.490. The summed E-state index contributed by atoms with van der Waals surface area (Å²) in [7, 11) is 1.76. The van der Waals surface area contributed by atoms with Crippen molar-refractivity contribution in [3.63, 3.8) is 0 Å². The first kappa shape index (κ1) is 13.3. The standard InChI is InChI=1S/C14H20F2N2/c1-14(2)5-4-6-18(14)13-11(15)7-10(9-17-3)8-12(13)16/h7-8,17H,4-6,9H2,1-3H3. The second-order valence-electron chi connectivity index (χ2n) is 5.51. The molecule has 0 bridgehead atoms. The highest BCUT2D eigenvalue weighted by atomic mass is 19.1. The van der Waals surface area contributed by atoms with Crippen LogP contribution in [0.15, 0.2) is 12.1 Å². The number of hydrogen-bond donors (Lipinski definition) is 1. The summed E-state index contributed by atoms with van der Waals surface area (Å²) in [6.45, 7) is 5.24. The van der Waals surface area contributed by atoms with Crippen molar-refractivity contribution in [2.75, 3.05) is 18.5 Å². The highest BCUT2D eigenvalue weighted by Crippen LogP contribution is 2.36. The fourth-order valence-electron chi connectivity index (χ4n) is 2.70. The maximum Gasteiger partial charge on any atom is 0.149 e. The molecule has 4 heteroatoms. The molecule has 0 saturated carbocycles. The molecule has 0 aromatic heterocycles. The molecule has 0 spiro atoms. The van der Waals surface area contributed by atoms with Gasteiger partial charge in [0.2, 0.25) is 0 Å². The zero-order chi connectivity index (χ0) is 13.3. The van der Waals surface area contributed by atoms with E-state index in [0.717, 1.165) is 12.8 Å². The van der Waals surface area contributed by atoms with Gasteiger partial charge >= 0.3 is 0 Å². The summed E-state index contributed by atoms with van der Waals surface area (Å²) in [6.07, 6.45) is 1.94. The summed E-state index contributed by atoms with van der Waals surface area (Å²) in [5.74, 6) is -0.926. The van der Waals surface area contributed by atoms with Gasteiger partial charge in [-0.15, -0.1) is 0 Å². The summed E-state index contributed by atoms with van der Waals surface area (Å²) >= 11 is 0. The number of nitrogens with one attached hydrogen (secondary N) is 1. The fourth-order valence-corrected chi connectivity index (χ4v) is 2.70. The minimum absolute atomic E-state index is 0.123. The van der Waals surface area contributed by atoms with Gasteiger partial charge in [0.05, 0.1) is 0 Å². The number of benzene rings is 1. The molecule has 1 N–H and O–H groups in total. The van der Waals surface area contributed by atoms with E-state index in [-0.39, 0.29) is 11.2 Å². The van der Waals surface area contributed by atoms with E-state index in [1.54, 1.807) is 7.05 Å². The Bertz CT molecular complexity index is 420. The maximum atomic E-state index is 14.1. The lowest BCUT2D eigenvalue weighted by Crippen LogP contribution is -2.39. The summed E-state index contributed by atoms with van der Waals surface area (Å²) in [5.41, 5.74) is 0.581. The molecule has 1 aromatic carbocycles. The average molecular weight is 254 g/mol. The minimum Gasteiger partial charge on any atom is -0.362 e. The molecule has 0 amide bonds. The van der Waals surface area contributed by atoms with E-state index < -0.39 is 11.6 Å². The molecule has 1 aliphatic heterocycles. The summed E-state index contributed by atoms with van der Waals surface area (Å²) in [6, 6.07) is 2.84. The van der Waals surface area contributed by atoms with Crippen LogP contribution in [-0.2, 0) is 6.54 Å². The zero-order valence-electron chi connectivity index (χ0n) is 11.2. The van der Waals surface area contributed by atoms with Gasteiger partial charge in [-0.3, -0.25) is 0 Å². The Morgan fingerprint density at radius 2 is 1.89 bits per heavy atom. The number of halogens is 2. The zero-order valence-corrected chi connectivity index (χ0v) is 11.2. The molecule has 1 aliphatic rings. The van der Waals surface area contributed by atoms with Crippen LogP contribution in [0.4, 0.5) is 14.5 Å². The average Bonchev–Trinajstić information content (AvgIpc) is 2.58. The van der Waals surface area contributed by atoms with Crippen LogP contribution in [0.2, 0.25) is 0 Å². The summed E-state index contributed by atoms with van der Waals surface area (Å²) in [4.78, 5) is 1.85. The molecular weight excluding hydrogens is 234 g/mol. The second kappa shape index (κ2) is 4.84. The quantitative estimate of drug-likeness (QED) is 0.891. The Morgan fingerprint density at radius 1 is 1.28 bits per heavy atom. The molecule has 1 saturated heterocycles. The van der Waals surface area contributed by atoms with E-state index in [2.05, 4.69) is 5.32 Å². The third kappa shape index (κ3) is 2.34. The Morgan fingerprint density at radius 3 is 2.33 bits per heavy atom. The van der Waals surface area contributed by atoms with Gasteiger partial charge in [-0.1, -0.05) is 0 Å². The van der Waals surface area contributed by atoms with E-state index in [1.165, 1.54) is 12.1 Å². The van der Waals surface area contributed by atoms with Gasteiger partial charge in [0.1, 0.15) is 17.3 Å². The van der Waals surface area contributed by atoms with Crippen molar-refractivity contribution in [3.05, 3.63) is 29.3 Å². The van der Waals surface area contributed by atoms with Gasteiger partial charge < -0.3 is 10.2 Å². The number of anilines is 1. The van der Waals surface area contributed by atoms with Crippen LogP contribution >= 0.6 is 0 Å². The van der Waals surface area contributed by atoms with Gasteiger partial charge in [0.15, 0.2) is 0 Å². The number of nitrogens with zero attached hydrogens (tertiary/aromatic N) is 1. The third-order valence-electron chi connectivity index (χ3n) is 3.63. The van der Waals surface area contributed by atoms with Crippen molar-refractivity contribution in [3.8, 4) is 0 Å². The molecular formula is C14H20F2N2. The molecule has 1 aromatic rings. The molecule has 18 heavy (non-hydrogen) atoms. The first-order valence-electron chi connectivity index (χ1n) is 6.36. The van der Waals surface area contributed by atoms with Crippen LogP contribution in [0.1, 0.15) is 32.3 Å². The Balaban J connectivity index is 2.39. The molecule has 0 unspecified atom stereocenters. The van der Waals surface area contributed by atoms with Crippen LogP contribution in [0.5, 0.6) is 0 Å². The largest absolute Gasteiger partial charge is 0.362 e. The van der Waals surface area contributed by atoms with Crippen molar-refractivity contribution in [1.82, 2.24) is 5.32 Å². The molecule has 100 valence electrons. The molecule has 2 nitrogen and oxygen atoms in total. The van der Waals surface area contributed by atoms with E-state index in [0.29, 0.717) is 18.7 Å². The molecule has 2 rings (SSSR count). The van der Waals surface area contributed by atoms with Crippen LogP contribution in [-0.4, -0.2) is 19.1 Å². The Kier molecular flexibility index (Phi) is 3.57. The van der Waals surface area contributed by atoms with E-state index in [4.69, 9.17) is 0 Å². The van der Waals surface area contributed by atoms with Gasteiger partial charge in [-0.25, -0.2) is 8.78 Å². The van der Waals surface area contributed by atoms with Gasteiger partial charge in [0.25, 0.3) is 0 Å². The Labute approximate surface area is 107 Å². The molecule has 0 radical (unpaired) electrons. The Hall–Kier alpha value is -1.16. The number of hydrogen-bond acceptors (Lipinski definition) is 2. The molecule has 0 atom stereocenters. The van der Waals surface area contributed by atoms with Crippen LogP contribution in [0.3, 0.4) is 0 Å². The first-order chi connectivity index (χ1) is 8.45. The highest BCUT2D eigenvalue weighted by molar-refractivity contribution is 5.53. The highest BCUT2D eigenvalue weighted by Gasteiger charge is 2.35. The van der Waals surface area contributed by atoms with E-state index in [1.807, 2.05) is 18.7 Å². The van der Waals surface area contributed by atoms with Crippen molar-refractivity contribution in [1.29, 1.82) is 0 Å². The van der Waals surface area contributed by atoms with Crippen molar-refractivity contribution >= 4 is 5.69 Å². The summed E-state index contributed by atoms with van der Waals surface area (Å²) < 4.78 is 28.2. The lowest BCUT2D eigenvalue weighted by Gasteiger charge is -2.34. The van der Waals surface area contributed by atoms with Crippen LogP contribution < -0.4 is 10.2 Å². The van der Waals surface area contributed by atoms with Crippen molar-refractivity contribution in [2.45, 2.75) is 38.8 Å². The molecule has 1 heterocycles. The van der Waals surface area contributed by atoms with Crippen LogP contribution in [0.25, 0.3) is 0 Å². The van der Waals surface area contributed by atoms with E-state index >= 15 is 0 Å². The van der Waals surface area contributed by atoms with Gasteiger partial charge in [-0.2, -0.15) is 0 Å². The van der Waals surface area contributed by atoms with Crippen molar-refractivity contribution < 1.29 is 8.78 Å². The monoisotopic (exact) mass is 254 g/mol. The predicted octanol–water partition coefficient (Wildman–Crippen LogP) is 3.06. The smallest absolute Gasteiger partial charge is 0.149 e. The van der Waals surface area contributed by atoms with Gasteiger partial charge in [-0.05, 0) is 51.4 Å². The molecule has 1 fully saturated rings. The number of rotatable bonds is 3. The SMILES string of the molecule is CNCc1cc(F)c(N2CCCC2(C)C)c(F)c1. The maximum absolute atomic E-state index is 14.1. The van der Waals surface area contributed by atoms with E-state index in [9.17, 15) is 8.78 Å². The topological polar surface area (TPSA) is 15.3 Å². The minimum atomic E-state index is -0.463. The van der Waals surface area contributed by atoms with Crippen molar-refractivity contribution in [2.24, 2.45) is 0 Å². The third-order valence-corrected chi connectivity index (χ3v) is 3.63. The predicted molar refractivity (Wildman–Crippen MR) is 69.8 cm³/mol. The molecule has 0 aliphatic carbocycles. The second-order valence-corrected chi connectivity index (χ2v) is 5.51. The summed E-state index contributed by atoms with van der Waals surface area (Å²) in [5, 5.41) is 2.90.